The Morgan fingerprint density at radius 3 is 1.72 bits per heavy atom. The molecule has 0 aliphatic rings. The van der Waals surface area contributed by atoms with E-state index in [1.54, 1.807) is 51.7 Å². The molecule has 0 aliphatic carbocycles. The molecule has 0 aliphatic heterocycles. The highest BCUT2D eigenvalue weighted by Gasteiger charge is 2.28. The number of aliphatic hydroxyl groups is 3. The highest BCUT2D eigenvalue weighted by atomic mass is 16.6. The molecular formula is C18H34N6O5. The van der Waals surface area contributed by atoms with Crippen LogP contribution in [0.2, 0.25) is 0 Å². The van der Waals surface area contributed by atoms with Crippen molar-refractivity contribution < 1.29 is 20.2 Å². The molecule has 0 saturated heterocycles. The molecule has 0 saturated carbocycles. The molecule has 2 aromatic rings. The second-order valence-corrected chi connectivity index (χ2v) is 7.59. The lowest BCUT2D eigenvalue weighted by atomic mass is 9.99. The number of nitrogens with two attached hydrogens (primary N) is 1. The molecular weight excluding hydrogens is 380 g/mol. The summed E-state index contributed by atoms with van der Waals surface area (Å²) in [5.74, 6) is 0. The molecule has 0 spiro atoms. The molecule has 0 amide bonds. The fourth-order valence-electron chi connectivity index (χ4n) is 1.76. The Bertz CT molecular complexity index is 752. The Hall–Kier alpha value is -2.50. The van der Waals surface area contributed by atoms with Crippen molar-refractivity contribution in [2.45, 2.75) is 71.8 Å². The van der Waals surface area contributed by atoms with Crippen molar-refractivity contribution in [1.82, 2.24) is 19.6 Å². The molecule has 2 rings (SSSR count). The number of hydrogen-bond acceptors (Lipinski definition) is 8. The quantitative estimate of drug-likeness (QED) is 0.422. The van der Waals surface area contributed by atoms with Crippen molar-refractivity contribution in [3.63, 3.8) is 0 Å². The van der Waals surface area contributed by atoms with Crippen molar-refractivity contribution in [1.29, 1.82) is 0 Å². The van der Waals surface area contributed by atoms with Gasteiger partial charge < -0.3 is 21.1 Å². The number of rotatable bonds is 5. The van der Waals surface area contributed by atoms with Crippen molar-refractivity contribution >= 4 is 11.4 Å². The van der Waals surface area contributed by atoms with Crippen molar-refractivity contribution in [2.24, 2.45) is 0 Å². The monoisotopic (exact) mass is 414 g/mol. The molecule has 11 heteroatoms. The molecule has 0 bridgehead atoms. The summed E-state index contributed by atoms with van der Waals surface area (Å²) in [6, 6.07) is 0. The molecule has 29 heavy (non-hydrogen) atoms. The maximum Gasteiger partial charge on any atom is 0.307 e. The summed E-state index contributed by atoms with van der Waals surface area (Å²) in [6.45, 7) is 12.6. The van der Waals surface area contributed by atoms with E-state index in [2.05, 4.69) is 10.2 Å². The number of nitrogen functional groups attached to an aromatic ring is 1. The van der Waals surface area contributed by atoms with Crippen LogP contribution >= 0.6 is 0 Å². The third-order valence-electron chi connectivity index (χ3n) is 4.61. The van der Waals surface area contributed by atoms with Crippen LogP contribution in [0.4, 0.5) is 11.4 Å². The first kappa shape index (κ1) is 26.5. The summed E-state index contributed by atoms with van der Waals surface area (Å²) in [7, 11) is 0. The summed E-state index contributed by atoms with van der Waals surface area (Å²) in [5.41, 5.74) is 5.00. The second-order valence-electron chi connectivity index (χ2n) is 7.59. The Kier molecular flexibility index (Phi) is 9.95. The van der Waals surface area contributed by atoms with E-state index in [1.807, 2.05) is 13.8 Å². The van der Waals surface area contributed by atoms with Gasteiger partial charge in [-0.05, 0) is 48.5 Å². The molecule has 11 nitrogen and oxygen atoms in total. The molecule has 5 N–H and O–H groups in total. The Balaban J connectivity index is 0.000000481. The van der Waals surface area contributed by atoms with Gasteiger partial charge in [-0.25, -0.2) is 0 Å². The van der Waals surface area contributed by atoms with Gasteiger partial charge >= 0.3 is 5.69 Å². The van der Waals surface area contributed by atoms with Crippen LogP contribution in [0.25, 0.3) is 0 Å². The van der Waals surface area contributed by atoms with Gasteiger partial charge in [-0.2, -0.15) is 10.2 Å². The van der Waals surface area contributed by atoms with E-state index in [-0.39, 0.29) is 12.3 Å². The normalized spacial score (nSPS) is 13.4. The lowest BCUT2D eigenvalue weighted by Crippen LogP contribution is -2.37. The van der Waals surface area contributed by atoms with Gasteiger partial charge in [-0.3, -0.25) is 19.5 Å². The first-order chi connectivity index (χ1) is 13.2. The molecule has 2 aromatic heterocycles. The summed E-state index contributed by atoms with van der Waals surface area (Å²) < 4.78 is 3.07. The van der Waals surface area contributed by atoms with E-state index in [9.17, 15) is 20.3 Å². The number of aliphatic hydroxyl groups excluding tert-OH is 3. The summed E-state index contributed by atoms with van der Waals surface area (Å²) >= 11 is 0. The largest absolute Gasteiger partial charge is 0.397 e. The lowest BCUT2D eigenvalue weighted by molar-refractivity contribution is -0.385. The maximum atomic E-state index is 10.4. The second kappa shape index (κ2) is 10.9. The Morgan fingerprint density at radius 1 is 1.07 bits per heavy atom. The minimum atomic E-state index is -0.645. The van der Waals surface area contributed by atoms with E-state index in [0.29, 0.717) is 5.69 Å². The van der Waals surface area contributed by atoms with Crippen LogP contribution in [0.3, 0.4) is 0 Å². The number of anilines is 1. The maximum absolute atomic E-state index is 10.4. The van der Waals surface area contributed by atoms with Crippen LogP contribution in [0.5, 0.6) is 0 Å². The Morgan fingerprint density at radius 2 is 1.45 bits per heavy atom. The van der Waals surface area contributed by atoms with Crippen LogP contribution in [-0.2, 0) is 11.1 Å². The van der Waals surface area contributed by atoms with Crippen molar-refractivity contribution in [3.8, 4) is 0 Å². The van der Waals surface area contributed by atoms with Crippen LogP contribution < -0.4 is 5.73 Å². The van der Waals surface area contributed by atoms with Gasteiger partial charge in [0.25, 0.3) is 0 Å². The SMILES string of the molecule is CC(O)C(C)(C)n1cc(N)cn1.CC(O)C(C)(C)n1cc([N+](=O)[O-])cn1.CCO. The molecule has 2 unspecified atom stereocenters. The average molecular weight is 415 g/mol. The zero-order valence-electron chi connectivity index (χ0n) is 18.1. The molecule has 166 valence electrons. The van der Waals surface area contributed by atoms with Gasteiger partial charge in [-0.1, -0.05) is 0 Å². The van der Waals surface area contributed by atoms with Gasteiger partial charge in [0.15, 0.2) is 0 Å². The summed E-state index contributed by atoms with van der Waals surface area (Å²) in [4.78, 5) is 9.89. The van der Waals surface area contributed by atoms with E-state index < -0.39 is 28.2 Å². The highest BCUT2D eigenvalue weighted by molar-refractivity contribution is 5.31. The van der Waals surface area contributed by atoms with Gasteiger partial charge in [0.2, 0.25) is 0 Å². The summed E-state index contributed by atoms with van der Waals surface area (Å²) in [6.07, 6.45) is 4.67. The number of nitrogens with zero attached hydrogens (tertiary/aromatic N) is 5. The van der Waals surface area contributed by atoms with Crippen molar-refractivity contribution in [2.75, 3.05) is 12.3 Å². The fourth-order valence-corrected chi connectivity index (χ4v) is 1.76. The minimum Gasteiger partial charge on any atom is -0.397 e. The van der Waals surface area contributed by atoms with E-state index >= 15 is 0 Å². The first-order valence-electron chi connectivity index (χ1n) is 9.18. The first-order valence-corrected chi connectivity index (χ1v) is 9.18. The molecule has 0 radical (unpaired) electrons. The smallest absolute Gasteiger partial charge is 0.307 e. The number of aromatic nitrogens is 4. The average Bonchev–Trinajstić information content (AvgIpc) is 3.25. The Labute approximate surface area is 170 Å². The number of nitro groups is 1. The molecule has 0 fully saturated rings. The standard InChI is InChI=1S/C8H13N3O3.C8H15N3O.C2H6O/c1-6(12)8(2,3)10-5-7(4-9-10)11(13)14;1-6(12)8(2,3)11-5-7(9)4-10-11;1-2-3/h4-6,12H,1-3H3;4-6,12H,9H2,1-3H3;3H,2H2,1H3. The summed E-state index contributed by atoms with van der Waals surface area (Å²) in [5, 5.41) is 44.7. The van der Waals surface area contributed by atoms with Crippen molar-refractivity contribution in [3.05, 3.63) is 34.9 Å². The molecule has 0 aromatic carbocycles. The zero-order chi connectivity index (χ0) is 23.0. The van der Waals surface area contributed by atoms with E-state index in [0.717, 1.165) is 0 Å². The van der Waals surface area contributed by atoms with E-state index in [4.69, 9.17) is 10.8 Å². The van der Waals surface area contributed by atoms with Gasteiger partial charge in [0.05, 0.1) is 40.1 Å². The van der Waals surface area contributed by atoms with Crippen LogP contribution in [0.1, 0.15) is 48.5 Å². The van der Waals surface area contributed by atoms with Crippen LogP contribution in [0.15, 0.2) is 24.8 Å². The number of hydrogen-bond donors (Lipinski definition) is 4. The van der Waals surface area contributed by atoms with Crippen LogP contribution in [0, 0.1) is 10.1 Å². The lowest BCUT2D eigenvalue weighted by Gasteiger charge is -2.28. The van der Waals surface area contributed by atoms with Gasteiger partial charge in [0, 0.05) is 12.8 Å². The fraction of sp³-hybridized carbons (Fsp3) is 0.667. The zero-order valence-corrected chi connectivity index (χ0v) is 18.1. The van der Waals surface area contributed by atoms with Gasteiger partial charge in [-0.15, -0.1) is 0 Å². The third kappa shape index (κ3) is 7.44. The predicted octanol–water partition coefficient (Wildman–Crippen LogP) is 1.49. The van der Waals surface area contributed by atoms with Crippen LogP contribution in [-0.4, -0.2) is 58.6 Å². The molecule has 2 heterocycles. The molecule has 2 atom stereocenters. The minimum absolute atomic E-state index is 0.0706. The highest BCUT2D eigenvalue weighted by Crippen LogP contribution is 2.21. The third-order valence-corrected chi connectivity index (χ3v) is 4.61. The predicted molar refractivity (Wildman–Crippen MR) is 110 cm³/mol. The van der Waals surface area contributed by atoms with Gasteiger partial charge in [0.1, 0.15) is 12.4 Å². The topological polar surface area (TPSA) is 165 Å². The van der Waals surface area contributed by atoms with E-state index in [1.165, 1.54) is 17.1 Å².